The number of halogens is 2. The second-order valence-corrected chi connectivity index (χ2v) is 4.45. The summed E-state index contributed by atoms with van der Waals surface area (Å²) < 4.78 is 27.9. The van der Waals surface area contributed by atoms with Crippen molar-refractivity contribution in [1.29, 1.82) is 0 Å². The van der Waals surface area contributed by atoms with Crippen LogP contribution in [0.2, 0.25) is 0 Å². The molecule has 100 valence electrons. The van der Waals surface area contributed by atoms with Gasteiger partial charge < -0.3 is 4.57 Å². The summed E-state index contributed by atoms with van der Waals surface area (Å²) in [5.74, 6) is -1.76. The quantitative estimate of drug-likeness (QED) is 0.686. The van der Waals surface area contributed by atoms with E-state index in [0.29, 0.717) is 23.3 Å². The molecule has 3 nitrogen and oxygen atoms in total. The lowest BCUT2D eigenvalue weighted by Crippen LogP contribution is -2.00. The molecule has 0 unspecified atom stereocenters. The zero-order chi connectivity index (χ0) is 14.1. The van der Waals surface area contributed by atoms with E-state index >= 15 is 0 Å². The summed E-state index contributed by atoms with van der Waals surface area (Å²) in [5.41, 5.74) is 1.76. The number of aromatic nitrogens is 2. The molecule has 0 aliphatic heterocycles. The molecule has 0 bridgehead atoms. The van der Waals surface area contributed by atoms with Gasteiger partial charge in [0.25, 0.3) is 0 Å². The Morgan fingerprint density at radius 3 is 2.80 bits per heavy atom. The number of aldehydes is 1. The fourth-order valence-corrected chi connectivity index (χ4v) is 2.20. The zero-order valence-electron chi connectivity index (χ0n) is 10.4. The summed E-state index contributed by atoms with van der Waals surface area (Å²) >= 11 is 0. The van der Waals surface area contributed by atoms with Gasteiger partial charge >= 0.3 is 0 Å². The summed E-state index contributed by atoms with van der Waals surface area (Å²) in [6, 6.07) is 7.29. The first kappa shape index (κ1) is 12.5. The molecule has 0 fully saturated rings. The second-order valence-electron chi connectivity index (χ2n) is 4.45. The predicted octanol–water partition coefficient (Wildman–Crippen LogP) is 3.18. The maximum Gasteiger partial charge on any atom is 0.159 e. The molecule has 0 atom stereocenters. The van der Waals surface area contributed by atoms with Crippen molar-refractivity contribution in [2.45, 2.75) is 6.54 Å². The van der Waals surface area contributed by atoms with E-state index in [9.17, 15) is 13.6 Å². The van der Waals surface area contributed by atoms with Gasteiger partial charge in [-0.15, -0.1) is 0 Å². The molecule has 0 spiro atoms. The Kier molecular flexibility index (Phi) is 3.02. The molecule has 20 heavy (non-hydrogen) atoms. The molecule has 2 aromatic heterocycles. The van der Waals surface area contributed by atoms with Crippen molar-refractivity contribution < 1.29 is 13.6 Å². The van der Waals surface area contributed by atoms with Gasteiger partial charge in [-0.25, -0.2) is 13.8 Å². The Hall–Kier alpha value is -2.56. The van der Waals surface area contributed by atoms with Crippen molar-refractivity contribution >= 4 is 17.3 Å². The SMILES string of the molecule is O=Cc1cn(Cc2ccc(F)c(F)c2)c2ncccc12. The van der Waals surface area contributed by atoms with Crippen LogP contribution in [0.1, 0.15) is 15.9 Å². The van der Waals surface area contributed by atoms with Crippen LogP contribution in [-0.4, -0.2) is 15.8 Å². The number of carbonyl (C=O) groups excluding carboxylic acids is 1. The third-order valence-electron chi connectivity index (χ3n) is 3.13. The lowest BCUT2D eigenvalue weighted by Gasteiger charge is -2.05. The van der Waals surface area contributed by atoms with E-state index in [-0.39, 0.29) is 0 Å². The van der Waals surface area contributed by atoms with Crippen LogP contribution in [0.25, 0.3) is 11.0 Å². The van der Waals surface area contributed by atoms with Gasteiger partial charge in [0.05, 0.1) is 0 Å². The van der Waals surface area contributed by atoms with Gasteiger partial charge in [0, 0.05) is 29.9 Å². The standard InChI is InChI=1S/C15H10F2N2O/c16-13-4-3-10(6-14(13)17)7-19-8-11(9-20)12-2-1-5-18-15(12)19/h1-6,8-9H,7H2. The van der Waals surface area contributed by atoms with Crippen LogP contribution >= 0.6 is 0 Å². The first-order valence-electron chi connectivity index (χ1n) is 6.02. The maximum absolute atomic E-state index is 13.2. The highest BCUT2D eigenvalue weighted by molar-refractivity contribution is 5.95. The summed E-state index contributed by atoms with van der Waals surface area (Å²) in [4.78, 5) is 15.3. The largest absolute Gasteiger partial charge is 0.327 e. The van der Waals surface area contributed by atoms with Crippen LogP contribution in [0.15, 0.2) is 42.7 Å². The van der Waals surface area contributed by atoms with Gasteiger partial charge in [-0.2, -0.15) is 0 Å². The van der Waals surface area contributed by atoms with Crippen LogP contribution in [0.3, 0.4) is 0 Å². The van der Waals surface area contributed by atoms with E-state index in [0.717, 1.165) is 23.8 Å². The van der Waals surface area contributed by atoms with Crippen LogP contribution in [0.5, 0.6) is 0 Å². The first-order chi connectivity index (χ1) is 9.69. The number of hydrogen-bond donors (Lipinski definition) is 0. The topological polar surface area (TPSA) is 34.9 Å². The molecule has 1 aromatic carbocycles. The van der Waals surface area contributed by atoms with Crippen LogP contribution in [0, 0.1) is 11.6 Å². The highest BCUT2D eigenvalue weighted by Crippen LogP contribution is 2.19. The van der Waals surface area contributed by atoms with Crippen LogP contribution in [-0.2, 0) is 6.54 Å². The molecule has 0 aliphatic carbocycles. The second kappa shape index (κ2) is 4.85. The van der Waals surface area contributed by atoms with Gasteiger partial charge in [-0.1, -0.05) is 6.07 Å². The Labute approximate surface area is 113 Å². The van der Waals surface area contributed by atoms with Gasteiger partial charge in [0.1, 0.15) is 5.65 Å². The lowest BCUT2D eigenvalue weighted by molar-refractivity contribution is 0.112. The number of benzene rings is 1. The maximum atomic E-state index is 13.2. The molecule has 0 radical (unpaired) electrons. The highest BCUT2D eigenvalue weighted by atomic mass is 19.2. The number of nitrogens with zero attached hydrogens (tertiary/aromatic N) is 2. The minimum absolute atomic E-state index is 0.318. The fourth-order valence-electron chi connectivity index (χ4n) is 2.20. The summed E-state index contributed by atoms with van der Waals surface area (Å²) in [6.45, 7) is 0.318. The Morgan fingerprint density at radius 1 is 1.20 bits per heavy atom. The minimum atomic E-state index is -0.887. The Balaban J connectivity index is 2.06. The molecule has 3 rings (SSSR count). The fraction of sp³-hybridized carbons (Fsp3) is 0.0667. The van der Waals surface area contributed by atoms with Crippen molar-refractivity contribution in [3.8, 4) is 0 Å². The van der Waals surface area contributed by atoms with E-state index in [4.69, 9.17) is 0 Å². The average molecular weight is 272 g/mol. The van der Waals surface area contributed by atoms with E-state index < -0.39 is 11.6 Å². The number of rotatable bonds is 3. The molecule has 0 N–H and O–H groups in total. The van der Waals surface area contributed by atoms with Gasteiger partial charge in [0.15, 0.2) is 17.9 Å². The molecule has 0 aliphatic rings. The van der Waals surface area contributed by atoms with Crippen molar-refractivity contribution in [1.82, 2.24) is 9.55 Å². The van der Waals surface area contributed by atoms with E-state index in [1.165, 1.54) is 6.07 Å². The van der Waals surface area contributed by atoms with Gasteiger partial charge in [0.2, 0.25) is 0 Å². The van der Waals surface area contributed by atoms with E-state index in [1.807, 2.05) is 0 Å². The van der Waals surface area contributed by atoms with Crippen LogP contribution < -0.4 is 0 Å². The van der Waals surface area contributed by atoms with Crippen LogP contribution in [0.4, 0.5) is 8.78 Å². The minimum Gasteiger partial charge on any atom is -0.327 e. The number of hydrogen-bond acceptors (Lipinski definition) is 2. The molecular formula is C15H10F2N2O. The highest BCUT2D eigenvalue weighted by Gasteiger charge is 2.10. The normalized spacial score (nSPS) is 10.9. The Morgan fingerprint density at radius 2 is 2.05 bits per heavy atom. The molecule has 5 heteroatoms. The summed E-state index contributed by atoms with van der Waals surface area (Å²) in [6.07, 6.45) is 4.04. The lowest BCUT2D eigenvalue weighted by atomic mass is 10.2. The monoisotopic (exact) mass is 272 g/mol. The van der Waals surface area contributed by atoms with E-state index in [1.54, 1.807) is 29.1 Å². The predicted molar refractivity (Wildman–Crippen MR) is 70.6 cm³/mol. The molecular weight excluding hydrogens is 262 g/mol. The smallest absolute Gasteiger partial charge is 0.159 e. The molecule has 0 amide bonds. The van der Waals surface area contributed by atoms with E-state index in [2.05, 4.69) is 4.98 Å². The number of pyridine rings is 1. The Bertz CT molecular complexity index is 796. The van der Waals surface area contributed by atoms with Crippen molar-refractivity contribution in [3.05, 3.63) is 65.5 Å². The number of fused-ring (bicyclic) bond motifs is 1. The zero-order valence-corrected chi connectivity index (χ0v) is 10.4. The molecule has 2 heterocycles. The van der Waals surface area contributed by atoms with Crippen molar-refractivity contribution in [2.75, 3.05) is 0 Å². The summed E-state index contributed by atoms with van der Waals surface area (Å²) in [7, 11) is 0. The van der Waals surface area contributed by atoms with Gasteiger partial charge in [-0.3, -0.25) is 4.79 Å². The van der Waals surface area contributed by atoms with Crippen molar-refractivity contribution in [2.24, 2.45) is 0 Å². The number of carbonyl (C=O) groups is 1. The molecule has 3 aromatic rings. The average Bonchev–Trinajstić information content (AvgIpc) is 2.81. The van der Waals surface area contributed by atoms with Crippen molar-refractivity contribution in [3.63, 3.8) is 0 Å². The molecule has 0 saturated heterocycles. The first-order valence-corrected chi connectivity index (χ1v) is 6.02. The summed E-state index contributed by atoms with van der Waals surface area (Å²) in [5, 5.41) is 0.741. The third-order valence-corrected chi connectivity index (χ3v) is 3.13. The van der Waals surface area contributed by atoms with Gasteiger partial charge in [-0.05, 0) is 29.8 Å². The molecule has 0 saturated carbocycles. The third kappa shape index (κ3) is 2.07.